The molecule has 1 saturated carbocycles. The molecule has 0 aromatic heterocycles. The first kappa shape index (κ1) is 16.1. The summed E-state index contributed by atoms with van der Waals surface area (Å²) in [6, 6.07) is 5.99. The van der Waals surface area contributed by atoms with E-state index < -0.39 is 6.36 Å². The number of carbonyl (C=O) groups is 1. The number of piperidine rings is 1. The Balaban J connectivity index is 1.67. The number of rotatable bonds is 3. The van der Waals surface area contributed by atoms with Crippen molar-refractivity contribution in [3.8, 4) is 5.75 Å². The van der Waals surface area contributed by atoms with Gasteiger partial charge in [-0.05, 0) is 36.8 Å². The molecule has 1 N–H and O–H groups in total. The number of hydrogen-bond donors (Lipinski definition) is 1. The van der Waals surface area contributed by atoms with Crippen LogP contribution in [0, 0.1) is 5.92 Å². The molecule has 126 valence electrons. The maximum Gasteiger partial charge on any atom is 0.573 e. The van der Waals surface area contributed by atoms with Crippen molar-refractivity contribution in [2.24, 2.45) is 5.92 Å². The van der Waals surface area contributed by atoms with E-state index in [9.17, 15) is 23.1 Å². The van der Waals surface area contributed by atoms with E-state index in [1.54, 1.807) is 17.0 Å². The smallest absolute Gasteiger partial charge is 0.405 e. The van der Waals surface area contributed by atoms with Crippen molar-refractivity contribution in [1.29, 1.82) is 0 Å². The predicted molar refractivity (Wildman–Crippen MR) is 75.8 cm³/mol. The molecular weight excluding hydrogens is 311 g/mol. The standard InChI is InChI=1S/C16H18F3NO3/c17-16(18,19)23-14-4-2-1-3-11(14)12-9-13(12)15(22)20-7-5-10(21)6-8-20/h1-4,10,12-13,21H,5-9H2. The summed E-state index contributed by atoms with van der Waals surface area (Å²) in [6.45, 7) is 1.01. The molecular formula is C16H18F3NO3. The lowest BCUT2D eigenvalue weighted by atomic mass is 10.1. The van der Waals surface area contributed by atoms with Crippen LogP contribution in [-0.4, -0.2) is 41.5 Å². The highest BCUT2D eigenvalue weighted by molar-refractivity contribution is 5.83. The summed E-state index contributed by atoms with van der Waals surface area (Å²) in [5.41, 5.74) is 0.431. The van der Waals surface area contributed by atoms with Crippen LogP contribution in [0.4, 0.5) is 13.2 Å². The van der Waals surface area contributed by atoms with Gasteiger partial charge in [-0.25, -0.2) is 0 Å². The van der Waals surface area contributed by atoms with E-state index in [4.69, 9.17) is 0 Å². The van der Waals surface area contributed by atoms with Crippen LogP contribution in [0.5, 0.6) is 5.75 Å². The Labute approximate surface area is 131 Å². The Hall–Kier alpha value is -1.76. The van der Waals surface area contributed by atoms with E-state index in [1.807, 2.05) is 0 Å². The molecule has 1 aromatic carbocycles. The van der Waals surface area contributed by atoms with Gasteiger partial charge in [0, 0.05) is 19.0 Å². The second-order valence-corrected chi connectivity index (χ2v) is 6.09. The number of hydrogen-bond acceptors (Lipinski definition) is 3. The van der Waals surface area contributed by atoms with Crippen molar-refractivity contribution in [2.45, 2.75) is 37.6 Å². The van der Waals surface area contributed by atoms with Gasteiger partial charge in [0.25, 0.3) is 0 Å². The maximum absolute atomic E-state index is 12.5. The van der Waals surface area contributed by atoms with Crippen LogP contribution >= 0.6 is 0 Å². The average molecular weight is 329 g/mol. The summed E-state index contributed by atoms with van der Waals surface area (Å²) in [4.78, 5) is 14.1. The number of carbonyl (C=O) groups excluding carboxylic acids is 1. The zero-order valence-corrected chi connectivity index (χ0v) is 12.4. The molecule has 1 aromatic rings. The highest BCUT2D eigenvalue weighted by Crippen LogP contribution is 2.51. The fourth-order valence-corrected chi connectivity index (χ4v) is 3.14. The number of amides is 1. The molecule has 1 amide bonds. The SMILES string of the molecule is O=C(C1CC1c1ccccc1OC(F)(F)F)N1CCC(O)CC1. The second-order valence-electron chi connectivity index (χ2n) is 6.09. The van der Waals surface area contributed by atoms with Gasteiger partial charge in [0.2, 0.25) is 5.91 Å². The van der Waals surface area contributed by atoms with Crippen molar-refractivity contribution >= 4 is 5.91 Å². The summed E-state index contributed by atoms with van der Waals surface area (Å²) in [6.07, 6.45) is -3.47. The predicted octanol–water partition coefficient (Wildman–Crippen LogP) is 2.67. The van der Waals surface area contributed by atoms with E-state index in [0.29, 0.717) is 37.9 Å². The number of para-hydroxylation sites is 1. The molecule has 4 nitrogen and oxygen atoms in total. The molecule has 1 heterocycles. The Morgan fingerprint density at radius 1 is 1.22 bits per heavy atom. The lowest BCUT2D eigenvalue weighted by Gasteiger charge is -2.29. The zero-order valence-electron chi connectivity index (χ0n) is 12.4. The molecule has 1 aliphatic heterocycles. The van der Waals surface area contributed by atoms with Gasteiger partial charge in [-0.15, -0.1) is 13.2 Å². The van der Waals surface area contributed by atoms with Gasteiger partial charge in [-0.1, -0.05) is 18.2 Å². The Morgan fingerprint density at radius 3 is 2.52 bits per heavy atom. The number of benzene rings is 1. The Kier molecular flexibility index (Phi) is 4.23. The number of nitrogens with zero attached hydrogens (tertiary/aromatic N) is 1. The van der Waals surface area contributed by atoms with Gasteiger partial charge >= 0.3 is 6.36 Å². The van der Waals surface area contributed by atoms with E-state index in [1.165, 1.54) is 12.1 Å². The van der Waals surface area contributed by atoms with Gasteiger partial charge < -0.3 is 14.7 Å². The number of alkyl halides is 3. The third-order valence-corrected chi connectivity index (χ3v) is 4.43. The van der Waals surface area contributed by atoms with Gasteiger partial charge in [-0.2, -0.15) is 0 Å². The van der Waals surface area contributed by atoms with E-state index >= 15 is 0 Å². The molecule has 2 fully saturated rings. The Morgan fingerprint density at radius 2 is 1.87 bits per heavy atom. The number of likely N-dealkylation sites (tertiary alicyclic amines) is 1. The summed E-state index contributed by atoms with van der Waals surface area (Å²) >= 11 is 0. The molecule has 0 spiro atoms. The first-order chi connectivity index (χ1) is 10.8. The van der Waals surface area contributed by atoms with E-state index in [0.717, 1.165) is 0 Å². The molecule has 2 aliphatic rings. The van der Waals surface area contributed by atoms with Crippen molar-refractivity contribution in [1.82, 2.24) is 4.90 Å². The Bertz CT molecular complexity index is 582. The van der Waals surface area contributed by atoms with Gasteiger partial charge in [-0.3, -0.25) is 4.79 Å². The fraction of sp³-hybridized carbons (Fsp3) is 0.562. The number of halogens is 3. The minimum Gasteiger partial charge on any atom is -0.405 e. The monoisotopic (exact) mass is 329 g/mol. The van der Waals surface area contributed by atoms with Crippen LogP contribution in [0.25, 0.3) is 0 Å². The summed E-state index contributed by atoms with van der Waals surface area (Å²) < 4.78 is 41.5. The minimum absolute atomic E-state index is 0.0382. The largest absolute Gasteiger partial charge is 0.573 e. The number of aliphatic hydroxyl groups is 1. The van der Waals surface area contributed by atoms with Crippen LogP contribution in [0.2, 0.25) is 0 Å². The summed E-state index contributed by atoms with van der Waals surface area (Å²) in [5.74, 6) is -0.783. The third-order valence-electron chi connectivity index (χ3n) is 4.43. The highest BCUT2D eigenvalue weighted by Gasteiger charge is 2.48. The summed E-state index contributed by atoms with van der Waals surface area (Å²) in [5, 5.41) is 9.48. The average Bonchev–Trinajstić information content (AvgIpc) is 3.26. The first-order valence-electron chi connectivity index (χ1n) is 7.66. The van der Waals surface area contributed by atoms with Gasteiger partial charge in [0.1, 0.15) is 5.75 Å². The maximum atomic E-state index is 12.5. The van der Waals surface area contributed by atoms with E-state index in [-0.39, 0.29) is 29.6 Å². The topological polar surface area (TPSA) is 49.8 Å². The summed E-state index contributed by atoms with van der Waals surface area (Å²) in [7, 11) is 0. The normalized spacial score (nSPS) is 25.3. The molecule has 0 bridgehead atoms. The second kappa shape index (κ2) is 6.03. The highest BCUT2D eigenvalue weighted by atomic mass is 19.4. The third kappa shape index (κ3) is 3.77. The van der Waals surface area contributed by atoms with Crippen molar-refractivity contribution in [3.63, 3.8) is 0 Å². The first-order valence-corrected chi connectivity index (χ1v) is 7.66. The molecule has 2 unspecified atom stereocenters. The van der Waals surface area contributed by atoms with Crippen molar-refractivity contribution in [3.05, 3.63) is 29.8 Å². The molecule has 3 rings (SSSR count). The zero-order chi connectivity index (χ0) is 16.6. The van der Waals surface area contributed by atoms with Crippen molar-refractivity contribution < 1.29 is 27.8 Å². The van der Waals surface area contributed by atoms with Crippen LogP contribution in [0.3, 0.4) is 0 Å². The quantitative estimate of drug-likeness (QED) is 0.927. The number of aliphatic hydroxyl groups excluding tert-OH is 1. The molecule has 23 heavy (non-hydrogen) atoms. The molecule has 1 saturated heterocycles. The van der Waals surface area contributed by atoms with Gasteiger partial charge in [0.15, 0.2) is 0 Å². The lowest BCUT2D eigenvalue weighted by molar-refractivity contribution is -0.274. The van der Waals surface area contributed by atoms with Crippen molar-refractivity contribution in [2.75, 3.05) is 13.1 Å². The molecule has 0 radical (unpaired) electrons. The van der Waals surface area contributed by atoms with Gasteiger partial charge in [0.05, 0.1) is 6.10 Å². The minimum atomic E-state index is -4.74. The fourth-order valence-electron chi connectivity index (χ4n) is 3.14. The van der Waals surface area contributed by atoms with Crippen LogP contribution in [0.15, 0.2) is 24.3 Å². The number of ether oxygens (including phenoxy) is 1. The van der Waals surface area contributed by atoms with Crippen LogP contribution in [-0.2, 0) is 4.79 Å². The molecule has 7 heteroatoms. The van der Waals surface area contributed by atoms with Crippen LogP contribution in [0.1, 0.15) is 30.7 Å². The molecule has 2 atom stereocenters. The molecule has 1 aliphatic carbocycles. The lowest BCUT2D eigenvalue weighted by Crippen LogP contribution is -2.41. The van der Waals surface area contributed by atoms with E-state index in [2.05, 4.69) is 4.74 Å². The van der Waals surface area contributed by atoms with Crippen LogP contribution < -0.4 is 4.74 Å².